The molecule has 0 bridgehead atoms. The highest BCUT2D eigenvalue weighted by Crippen LogP contribution is 2.48. The van der Waals surface area contributed by atoms with E-state index >= 15 is 0 Å². The van der Waals surface area contributed by atoms with Gasteiger partial charge in [0.25, 0.3) is 0 Å². The van der Waals surface area contributed by atoms with Gasteiger partial charge in [0.1, 0.15) is 0 Å². The predicted molar refractivity (Wildman–Crippen MR) is 71.9 cm³/mol. The minimum Gasteiger partial charge on any atom is -0.309 e. The van der Waals surface area contributed by atoms with Crippen molar-refractivity contribution in [2.75, 3.05) is 6.54 Å². The fourth-order valence-electron chi connectivity index (χ4n) is 2.91. The van der Waals surface area contributed by atoms with Crippen molar-refractivity contribution in [2.45, 2.75) is 52.0 Å². The van der Waals surface area contributed by atoms with Gasteiger partial charge >= 0.3 is 0 Å². The van der Waals surface area contributed by atoms with E-state index in [-0.39, 0.29) is 0 Å². The van der Waals surface area contributed by atoms with Gasteiger partial charge in [0.15, 0.2) is 0 Å². The molecule has 1 fully saturated rings. The summed E-state index contributed by atoms with van der Waals surface area (Å²) in [6.45, 7) is 5.85. The van der Waals surface area contributed by atoms with E-state index in [0.717, 1.165) is 6.54 Å². The fraction of sp³-hybridized carbons (Fsp3) is 0.714. The molecule has 0 saturated heterocycles. The number of hydrogen-bond acceptors (Lipinski definition) is 2. The second-order valence-electron chi connectivity index (χ2n) is 5.26. The molecule has 1 aromatic heterocycles. The van der Waals surface area contributed by atoms with Crippen molar-refractivity contribution in [3.05, 3.63) is 22.4 Å². The molecule has 16 heavy (non-hydrogen) atoms. The van der Waals surface area contributed by atoms with Crippen LogP contribution in [0.25, 0.3) is 0 Å². The molecule has 1 heterocycles. The van der Waals surface area contributed by atoms with Crippen LogP contribution in [0.5, 0.6) is 0 Å². The average Bonchev–Trinajstić information content (AvgIpc) is 2.91. The molecule has 1 unspecified atom stereocenters. The van der Waals surface area contributed by atoms with Gasteiger partial charge in [0.05, 0.1) is 0 Å². The second kappa shape index (κ2) is 5.33. The molecule has 1 atom stereocenters. The highest BCUT2D eigenvalue weighted by molar-refractivity contribution is 7.10. The second-order valence-corrected chi connectivity index (χ2v) is 6.24. The van der Waals surface area contributed by atoms with Crippen molar-refractivity contribution < 1.29 is 0 Å². The maximum absolute atomic E-state index is 3.76. The van der Waals surface area contributed by atoms with E-state index in [4.69, 9.17) is 0 Å². The van der Waals surface area contributed by atoms with Crippen molar-refractivity contribution in [2.24, 2.45) is 5.41 Å². The summed E-state index contributed by atoms with van der Waals surface area (Å²) in [5, 5.41) is 5.97. The molecular weight excluding hydrogens is 214 g/mol. The predicted octanol–water partition coefficient (Wildman–Crippen LogP) is 4.37. The van der Waals surface area contributed by atoms with Crippen molar-refractivity contribution in [3.8, 4) is 0 Å². The third kappa shape index (κ3) is 2.49. The van der Waals surface area contributed by atoms with E-state index in [0.29, 0.717) is 11.5 Å². The zero-order chi connectivity index (χ0) is 11.4. The van der Waals surface area contributed by atoms with Crippen molar-refractivity contribution in [3.63, 3.8) is 0 Å². The first-order valence-corrected chi connectivity index (χ1v) is 7.41. The number of thiophene rings is 1. The van der Waals surface area contributed by atoms with Gasteiger partial charge in [-0.05, 0) is 42.7 Å². The SMILES string of the molecule is CCCNC(c1cccs1)C1(C)CCCC1. The lowest BCUT2D eigenvalue weighted by Crippen LogP contribution is -2.34. The Bertz CT molecular complexity index is 299. The zero-order valence-corrected chi connectivity index (χ0v) is 11.3. The Labute approximate surface area is 103 Å². The quantitative estimate of drug-likeness (QED) is 0.802. The van der Waals surface area contributed by atoms with E-state index in [1.807, 2.05) is 11.3 Å². The standard InChI is InChI=1S/C14H23NS/c1-3-10-15-13(12-7-6-11-16-12)14(2)8-4-5-9-14/h6-7,11,13,15H,3-5,8-10H2,1-2H3. The smallest absolute Gasteiger partial charge is 0.0469 e. The summed E-state index contributed by atoms with van der Waals surface area (Å²) in [6, 6.07) is 5.05. The molecule has 1 nitrogen and oxygen atoms in total. The van der Waals surface area contributed by atoms with E-state index in [1.165, 1.54) is 37.0 Å². The molecule has 2 heteroatoms. The first-order valence-electron chi connectivity index (χ1n) is 6.53. The zero-order valence-electron chi connectivity index (χ0n) is 10.5. The monoisotopic (exact) mass is 237 g/mol. The van der Waals surface area contributed by atoms with Gasteiger partial charge in [-0.25, -0.2) is 0 Å². The van der Waals surface area contributed by atoms with Crippen LogP contribution in [0.2, 0.25) is 0 Å². The highest BCUT2D eigenvalue weighted by Gasteiger charge is 2.37. The molecule has 1 aromatic rings. The van der Waals surface area contributed by atoms with Gasteiger partial charge in [0, 0.05) is 10.9 Å². The molecule has 0 amide bonds. The van der Waals surface area contributed by atoms with Crippen LogP contribution in [-0.2, 0) is 0 Å². The average molecular weight is 237 g/mol. The Morgan fingerprint density at radius 2 is 2.19 bits per heavy atom. The maximum Gasteiger partial charge on any atom is 0.0469 e. The van der Waals surface area contributed by atoms with Crippen molar-refractivity contribution >= 4 is 11.3 Å². The van der Waals surface area contributed by atoms with Crippen LogP contribution >= 0.6 is 11.3 Å². The van der Waals surface area contributed by atoms with Crippen LogP contribution in [0.1, 0.15) is 56.9 Å². The van der Waals surface area contributed by atoms with Gasteiger partial charge in [0.2, 0.25) is 0 Å². The lowest BCUT2D eigenvalue weighted by Gasteiger charge is -2.34. The van der Waals surface area contributed by atoms with Gasteiger partial charge in [-0.1, -0.05) is 32.8 Å². The first kappa shape index (κ1) is 12.1. The number of nitrogens with one attached hydrogen (secondary N) is 1. The Hall–Kier alpha value is -0.340. The van der Waals surface area contributed by atoms with Crippen molar-refractivity contribution in [1.82, 2.24) is 5.32 Å². The molecule has 0 aromatic carbocycles. The summed E-state index contributed by atoms with van der Waals surface area (Å²) < 4.78 is 0. The van der Waals surface area contributed by atoms with Crippen LogP contribution < -0.4 is 5.32 Å². The summed E-state index contributed by atoms with van der Waals surface area (Å²) in [7, 11) is 0. The van der Waals surface area contributed by atoms with E-state index in [1.54, 1.807) is 0 Å². The summed E-state index contributed by atoms with van der Waals surface area (Å²) in [4.78, 5) is 1.53. The maximum atomic E-state index is 3.76. The lowest BCUT2D eigenvalue weighted by molar-refractivity contribution is 0.227. The summed E-state index contributed by atoms with van der Waals surface area (Å²) in [6.07, 6.45) is 6.80. The Balaban J connectivity index is 2.14. The third-order valence-electron chi connectivity index (χ3n) is 3.87. The van der Waals surface area contributed by atoms with Crippen molar-refractivity contribution in [1.29, 1.82) is 0 Å². The largest absolute Gasteiger partial charge is 0.309 e. The molecule has 0 spiro atoms. The van der Waals surface area contributed by atoms with Gasteiger partial charge in [-0.2, -0.15) is 0 Å². The van der Waals surface area contributed by atoms with Crippen LogP contribution in [0.15, 0.2) is 17.5 Å². The Morgan fingerprint density at radius 1 is 1.44 bits per heavy atom. The Morgan fingerprint density at radius 3 is 2.75 bits per heavy atom. The number of rotatable bonds is 5. The molecule has 0 radical (unpaired) electrons. The molecule has 1 N–H and O–H groups in total. The highest BCUT2D eigenvalue weighted by atomic mass is 32.1. The molecule has 1 aliphatic carbocycles. The molecule has 0 aliphatic heterocycles. The minimum absolute atomic E-state index is 0.486. The third-order valence-corrected chi connectivity index (χ3v) is 4.81. The van der Waals surface area contributed by atoms with Crippen LogP contribution in [0.4, 0.5) is 0 Å². The summed E-state index contributed by atoms with van der Waals surface area (Å²) in [5.41, 5.74) is 0.486. The van der Waals surface area contributed by atoms with E-state index in [2.05, 4.69) is 36.7 Å². The van der Waals surface area contributed by atoms with E-state index < -0.39 is 0 Å². The molecule has 90 valence electrons. The fourth-order valence-corrected chi connectivity index (χ4v) is 3.88. The van der Waals surface area contributed by atoms with E-state index in [9.17, 15) is 0 Å². The molecule has 1 aliphatic rings. The van der Waals surface area contributed by atoms with Crippen LogP contribution in [-0.4, -0.2) is 6.54 Å². The number of hydrogen-bond donors (Lipinski definition) is 1. The normalized spacial score (nSPS) is 21.1. The molecule has 1 saturated carbocycles. The topological polar surface area (TPSA) is 12.0 Å². The summed E-state index contributed by atoms with van der Waals surface area (Å²) in [5.74, 6) is 0. The molecular formula is C14H23NS. The van der Waals surface area contributed by atoms with Gasteiger partial charge < -0.3 is 5.32 Å². The first-order chi connectivity index (χ1) is 7.76. The van der Waals surface area contributed by atoms with Crippen LogP contribution in [0.3, 0.4) is 0 Å². The van der Waals surface area contributed by atoms with Gasteiger partial charge in [-0.3, -0.25) is 0 Å². The Kier molecular flexibility index (Phi) is 4.04. The van der Waals surface area contributed by atoms with Crippen LogP contribution in [0, 0.1) is 5.41 Å². The molecule has 2 rings (SSSR count). The van der Waals surface area contributed by atoms with Gasteiger partial charge in [-0.15, -0.1) is 11.3 Å². The summed E-state index contributed by atoms with van der Waals surface area (Å²) >= 11 is 1.90. The minimum atomic E-state index is 0.486. The lowest BCUT2D eigenvalue weighted by atomic mass is 9.80.